The van der Waals surface area contributed by atoms with E-state index >= 15 is 0 Å². The quantitative estimate of drug-likeness (QED) is 0.0916. The average Bonchev–Trinajstić information content (AvgIpc) is 4.00. The molecule has 0 spiro atoms. The number of Topliss-reactive ketones (excluding diaryl/α,β-unsaturated/α-hetero) is 1. The van der Waals surface area contributed by atoms with E-state index in [4.69, 9.17) is 10.5 Å². The molecule has 5 amide bonds. The van der Waals surface area contributed by atoms with Crippen molar-refractivity contribution in [1.82, 2.24) is 26.2 Å². The Bertz CT molecular complexity index is 1680. The summed E-state index contributed by atoms with van der Waals surface area (Å²) >= 11 is 0. The monoisotopic (exact) mass is 750 g/mol. The highest BCUT2D eigenvalue weighted by atomic mass is 16.6. The van der Waals surface area contributed by atoms with Crippen molar-refractivity contribution < 1.29 is 43.7 Å². The van der Waals surface area contributed by atoms with Gasteiger partial charge in [-0.1, -0.05) is 44.7 Å². The smallest absolute Gasteiger partial charge is 0.248 e. The number of phenols is 2. The molecule has 2 aliphatic heterocycles. The minimum absolute atomic E-state index is 0.0596. The fraction of sp³-hybridized carbons (Fsp3) is 0.538. The van der Waals surface area contributed by atoms with Crippen molar-refractivity contribution in [1.29, 1.82) is 0 Å². The lowest BCUT2D eigenvalue weighted by molar-refractivity contribution is -0.143. The lowest BCUT2D eigenvalue weighted by atomic mass is 9.93. The molecule has 294 valence electrons. The van der Waals surface area contributed by atoms with Crippen molar-refractivity contribution in [3.05, 3.63) is 47.5 Å². The molecule has 2 aromatic carbocycles. The minimum atomic E-state index is -1.36. The number of ether oxygens (including phenoxy) is 1. The van der Waals surface area contributed by atoms with Gasteiger partial charge in [-0.3, -0.25) is 28.8 Å². The van der Waals surface area contributed by atoms with Crippen molar-refractivity contribution in [2.24, 2.45) is 5.73 Å². The lowest BCUT2D eigenvalue weighted by Gasteiger charge is -2.32. The first kappa shape index (κ1) is 41.7. The van der Waals surface area contributed by atoms with Crippen molar-refractivity contribution in [3.8, 4) is 22.6 Å². The van der Waals surface area contributed by atoms with Crippen LogP contribution in [0, 0.1) is 0 Å². The maximum atomic E-state index is 14.2. The third kappa shape index (κ3) is 11.5. The number of carbonyl (C=O) groups is 6. The van der Waals surface area contributed by atoms with E-state index in [2.05, 4.69) is 28.2 Å². The van der Waals surface area contributed by atoms with Crippen LogP contribution in [0.2, 0.25) is 0 Å². The number of nitrogens with zero attached hydrogens (tertiary/aromatic N) is 1. The Labute approximate surface area is 315 Å². The largest absolute Gasteiger partial charge is 0.507 e. The highest BCUT2D eigenvalue weighted by Crippen LogP contribution is 2.39. The number of benzene rings is 2. The van der Waals surface area contributed by atoms with Gasteiger partial charge in [-0.2, -0.15) is 0 Å². The summed E-state index contributed by atoms with van der Waals surface area (Å²) in [7, 11) is 1.42. The third-order valence-corrected chi connectivity index (χ3v) is 9.71. The van der Waals surface area contributed by atoms with Gasteiger partial charge in [-0.15, -0.1) is 0 Å². The molecule has 0 aliphatic carbocycles. The summed E-state index contributed by atoms with van der Waals surface area (Å²) in [6.07, 6.45) is 5.79. The number of ketones is 1. The minimum Gasteiger partial charge on any atom is -0.507 e. The summed E-state index contributed by atoms with van der Waals surface area (Å²) in [5, 5.41) is 32.7. The van der Waals surface area contributed by atoms with Crippen LogP contribution in [0.3, 0.4) is 0 Å². The summed E-state index contributed by atoms with van der Waals surface area (Å²) < 4.78 is 4.99. The Hall–Kier alpha value is -5.02. The Morgan fingerprint density at radius 3 is 2.31 bits per heavy atom. The normalized spacial score (nSPS) is 20.1. The predicted octanol–water partition coefficient (Wildman–Crippen LogP) is 1.87. The third-order valence-electron chi connectivity index (χ3n) is 9.71. The van der Waals surface area contributed by atoms with Gasteiger partial charge < -0.3 is 46.9 Å². The molecule has 4 bridgehead atoms. The van der Waals surface area contributed by atoms with Crippen LogP contribution in [-0.4, -0.2) is 101 Å². The first-order valence-corrected chi connectivity index (χ1v) is 18.8. The van der Waals surface area contributed by atoms with E-state index in [-0.39, 0.29) is 72.3 Å². The van der Waals surface area contributed by atoms with E-state index in [9.17, 15) is 39.0 Å². The first-order valence-electron chi connectivity index (χ1n) is 18.8. The first-order chi connectivity index (χ1) is 25.8. The molecule has 15 heteroatoms. The topological polar surface area (TPSA) is 233 Å². The second kappa shape index (κ2) is 19.9. The molecule has 8 N–H and O–H groups in total. The van der Waals surface area contributed by atoms with Crippen LogP contribution < -0.4 is 27.0 Å². The standard InChI is InChI=1S/C39H54N6O9/c1-4-5-6-7-8-12-34(49)43-28(11-9-10-17-40)39(53)45(3)35-25-14-16-31(47)27(20-25)26-18-24(13-15-30(26)46)19-29(44-36(50)23(2)42-38(35)52)37(51)41-21-32(48)33-22-54-33/h13-16,18,20,23,28-29,33,35,46-47H,4-12,17,19,21-22,40H2,1-3H3,(H,41,51)(H,42,52)(H,43,49)(H,44,50)/t23-,28-,29-,33?,35-/m0/s1. The summed E-state index contributed by atoms with van der Waals surface area (Å²) in [5.74, 6) is -3.70. The summed E-state index contributed by atoms with van der Waals surface area (Å²) in [6, 6.07) is 4.06. The average molecular weight is 751 g/mol. The Morgan fingerprint density at radius 1 is 0.944 bits per heavy atom. The number of nitrogens with two attached hydrogens (primary N) is 1. The van der Waals surface area contributed by atoms with Gasteiger partial charge in [0, 0.05) is 31.0 Å². The molecular weight excluding hydrogens is 696 g/mol. The van der Waals surface area contributed by atoms with Crippen LogP contribution in [-0.2, 0) is 39.9 Å². The lowest BCUT2D eigenvalue weighted by Crippen LogP contribution is -2.56. The van der Waals surface area contributed by atoms with E-state index in [0.717, 1.165) is 25.7 Å². The number of likely N-dealkylation sites (N-methyl/N-ethyl adjacent to an activating group) is 1. The van der Waals surface area contributed by atoms with E-state index in [1.165, 1.54) is 43.1 Å². The van der Waals surface area contributed by atoms with Crippen molar-refractivity contribution in [2.75, 3.05) is 26.7 Å². The molecule has 0 aromatic heterocycles. The van der Waals surface area contributed by atoms with Crippen molar-refractivity contribution in [3.63, 3.8) is 0 Å². The fourth-order valence-corrected chi connectivity index (χ4v) is 6.44. The second-order valence-electron chi connectivity index (χ2n) is 14.1. The number of hydrogen-bond donors (Lipinski definition) is 7. The van der Waals surface area contributed by atoms with Gasteiger partial charge in [0.1, 0.15) is 41.8 Å². The molecule has 4 rings (SSSR count). The number of aromatic hydroxyl groups is 2. The molecule has 2 aromatic rings. The maximum absolute atomic E-state index is 14.2. The Balaban J connectivity index is 1.68. The number of hydrogen-bond acceptors (Lipinski definition) is 10. The summed E-state index contributed by atoms with van der Waals surface area (Å²) in [5.41, 5.74) is 6.80. The highest BCUT2D eigenvalue weighted by molar-refractivity contribution is 5.97. The highest BCUT2D eigenvalue weighted by Gasteiger charge is 2.36. The number of carbonyl (C=O) groups excluding carboxylic acids is 6. The predicted molar refractivity (Wildman–Crippen MR) is 200 cm³/mol. The van der Waals surface area contributed by atoms with Crippen LogP contribution in [0.1, 0.15) is 88.8 Å². The number of phenolic OH excluding ortho intramolecular Hbond substituents is 2. The SMILES string of the molecule is CCCCCCCC(=O)N[C@@H](CCCCN)C(=O)N(C)[C@@H]1C(=O)N[C@@H](C)C(=O)N[C@H](C(=O)NCC(=O)C2CO2)Cc2ccc(O)c(c2)-c2cc1ccc2O. The number of unbranched alkanes of at least 4 members (excludes halogenated alkanes) is 5. The van der Waals surface area contributed by atoms with Gasteiger partial charge >= 0.3 is 0 Å². The van der Waals surface area contributed by atoms with Crippen molar-refractivity contribution >= 4 is 35.3 Å². The van der Waals surface area contributed by atoms with E-state index < -0.39 is 53.9 Å². The van der Waals surface area contributed by atoms with Gasteiger partial charge in [-0.25, -0.2) is 0 Å². The number of fused-ring (bicyclic) bond motifs is 5. The summed E-state index contributed by atoms with van der Waals surface area (Å²) in [6.45, 7) is 3.90. The van der Waals surface area contributed by atoms with Gasteiger partial charge in [0.25, 0.3) is 0 Å². The molecule has 54 heavy (non-hydrogen) atoms. The summed E-state index contributed by atoms with van der Waals surface area (Å²) in [4.78, 5) is 81.7. The molecule has 1 saturated heterocycles. The van der Waals surface area contributed by atoms with Gasteiger partial charge in [-0.05, 0) is 74.5 Å². The van der Waals surface area contributed by atoms with Gasteiger partial charge in [0.05, 0.1) is 13.2 Å². The molecule has 5 atom stereocenters. The molecule has 15 nitrogen and oxygen atoms in total. The number of nitrogens with one attached hydrogen (secondary N) is 4. The molecule has 1 unspecified atom stereocenters. The molecule has 0 radical (unpaired) electrons. The number of rotatable bonds is 17. The van der Waals surface area contributed by atoms with Crippen LogP contribution in [0.25, 0.3) is 11.1 Å². The zero-order chi connectivity index (χ0) is 39.4. The van der Waals surface area contributed by atoms with Crippen LogP contribution in [0.5, 0.6) is 11.5 Å². The number of epoxide rings is 1. The second-order valence-corrected chi connectivity index (χ2v) is 14.1. The molecule has 0 saturated carbocycles. The van der Waals surface area contributed by atoms with Crippen LogP contribution in [0.4, 0.5) is 0 Å². The molecule has 1 fully saturated rings. The zero-order valence-corrected chi connectivity index (χ0v) is 31.3. The molecular formula is C39H54N6O9. The van der Waals surface area contributed by atoms with Gasteiger partial charge in [0.2, 0.25) is 29.5 Å². The van der Waals surface area contributed by atoms with Gasteiger partial charge in [0.15, 0.2) is 5.78 Å². The zero-order valence-electron chi connectivity index (χ0n) is 31.3. The van der Waals surface area contributed by atoms with Crippen molar-refractivity contribution in [2.45, 2.75) is 108 Å². The maximum Gasteiger partial charge on any atom is 0.248 e. The van der Waals surface area contributed by atoms with E-state index in [1.54, 1.807) is 12.1 Å². The molecule has 2 heterocycles. The Morgan fingerprint density at radius 2 is 1.63 bits per heavy atom. The fourth-order valence-electron chi connectivity index (χ4n) is 6.44. The van der Waals surface area contributed by atoms with E-state index in [0.29, 0.717) is 31.4 Å². The number of amides is 5. The van der Waals surface area contributed by atoms with E-state index in [1.807, 2.05) is 0 Å². The molecule has 2 aliphatic rings. The van der Waals surface area contributed by atoms with Crippen LogP contribution >= 0.6 is 0 Å². The Kier molecular flexibility index (Phi) is 15.4. The van der Waals surface area contributed by atoms with Crippen LogP contribution in [0.15, 0.2) is 36.4 Å².